The maximum absolute atomic E-state index is 12.1. The van der Waals surface area contributed by atoms with Crippen LogP contribution in [-0.2, 0) is 0 Å². The van der Waals surface area contributed by atoms with Crippen LogP contribution in [0.1, 0.15) is 49.7 Å². The Morgan fingerprint density at radius 1 is 1.44 bits per heavy atom. The number of halogens is 1. The summed E-state index contributed by atoms with van der Waals surface area (Å²) in [6, 6.07) is 1.93. The number of nitrogens with two attached hydrogens (primary N) is 1. The Morgan fingerprint density at radius 2 is 2.11 bits per heavy atom. The topological polar surface area (TPSA) is 43.1 Å². The van der Waals surface area contributed by atoms with Crippen molar-refractivity contribution in [3.05, 3.63) is 20.8 Å². The van der Waals surface area contributed by atoms with Gasteiger partial charge >= 0.3 is 0 Å². The Labute approximate surface area is 122 Å². The van der Waals surface area contributed by atoms with Crippen LogP contribution >= 0.6 is 27.3 Å². The normalized spacial score (nSPS) is 13.6. The summed E-state index contributed by atoms with van der Waals surface area (Å²) >= 11 is 4.92. The third kappa shape index (κ3) is 4.48. The zero-order chi connectivity index (χ0) is 13.8. The average molecular weight is 332 g/mol. The second-order valence-electron chi connectivity index (χ2n) is 5.70. The van der Waals surface area contributed by atoms with Crippen LogP contribution in [0.3, 0.4) is 0 Å². The van der Waals surface area contributed by atoms with Gasteiger partial charge in [-0.15, -0.1) is 11.3 Å². The van der Waals surface area contributed by atoms with E-state index in [1.54, 1.807) is 0 Å². The summed E-state index contributed by atoms with van der Waals surface area (Å²) in [7, 11) is 0. The molecule has 2 N–H and O–H groups in total. The van der Waals surface area contributed by atoms with Gasteiger partial charge in [-0.1, -0.05) is 20.8 Å². The van der Waals surface area contributed by atoms with Crippen molar-refractivity contribution in [2.75, 3.05) is 6.54 Å². The third-order valence-electron chi connectivity index (χ3n) is 3.33. The molecule has 0 saturated carbocycles. The zero-order valence-electron chi connectivity index (χ0n) is 11.3. The lowest BCUT2D eigenvalue weighted by molar-refractivity contribution is 0.0961. The van der Waals surface area contributed by atoms with Crippen LogP contribution in [0.15, 0.2) is 15.9 Å². The number of thiophene rings is 1. The summed E-state index contributed by atoms with van der Waals surface area (Å²) in [5.74, 6) is 0.744. The summed E-state index contributed by atoms with van der Waals surface area (Å²) in [6.07, 6.45) is 2.52. The number of hydrogen-bond donors (Lipinski definition) is 1. The first kappa shape index (κ1) is 15.9. The first-order valence-corrected chi connectivity index (χ1v) is 7.99. The molecule has 1 atom stereocenters. The lowest BCUT2D eigenvalue weighted by atomic mass is 9.76. The molecule has 4 heteroatoms. The smallest absolute Gasteiger partial charge is 0.173 e. The number of ketones is 1. The van der Waals surface area contributed by atoms with Crippen molar-refractivity contribution in [3.8, 4) is 0 Å². The van der Waals surface area contributed by atoms with E-state index in [4.69, 9.17) is 5.73 Å². The molecular formula is C14H22BrNOS. The van der Waals surface area contributed by atoms with E-state index >= 15 is 0 Å². The molecule has 0 aliphatic heterocycles. The zero-order valence-corrected chi connectivity index (χ0v) is 13.7. The minimum absolute atomic E-state index is 0.215. The highest BCUT2D eigenvalue weighted by Crippen LogP contribution is 2.33. The van der Waals surface area contributed by atoms with Crippen LogP contribution in [0.4, 0.5) is 0 Å². The molecule has 0 fully saturated rings. The summed E-state index contributed by atoms with van der Waals surface area (Å²) in [5.41, 5.74) is 5.88. The summed E-state index contributed by atoms with van der Waals surface area (Å²) in [5, 5.41) is 1.94. The van der Waals surface area contributed by atoms with Gasteiger partial charge in [-0.3, -0.25) is 4.79 Å². The minimum Gasteiger partial charge on any atom is -0.330 e. The second-order valence-corrected chi connectivity index (χ2v) is 7.47. The molecule has 102 valence electrons. The molecular weight excluding hydrogens is 310 g/mol. The lowest BCUT2D eigenvalue weighted by Gasteiger charge is -2.30. The van der Waals surface area contributed by atoms with Crippen molar-refractivity contribution in [2.24, 2.45) is 17.1 Å². The van der Waals surface area contributed by atoms with Gasteiger partial charge in [0.05, 0.1) is 4.88 Å². The number of Topliss-reactive ketones (excluding diaryl/α,β-unsaturated/α-hetero) is 1. The second kappa shape index (κ2) is 6.83. The van der Waals surface area contributed by atoms with Crippen LogP contribution in [0.5, 0.6) is 0 Å². The van der Waals surface area contributed by atoms with Gasteiger partial charge in [0.25, 0.3) is 0 Å². The van der Waals surface area contributed by atoms with Gasteiger partial charge in [-0.05, 0) is 58.1 Å². The van der Waals surface area contributed by atoms with Crippen molar-refractivity contribution >= 4 is 33.0 Å². The van der Waals surface area contributed by atoms with Crippen molar-refractivity contribution in [1.82, 2.24) is 0 Å². The fourth-order valence-corrected chi connectivity index (χ4v) is 3.69. The van der Waals surface area contributed by atoms with E-state index in [1.165, 1.54) is 11.3 Å². The molecule has 0 aliphatic rings. The quantitative estimate of drug-likeness (QED) is 0.780. The maximum atomic E-state index is 12.1. The SMILES string of the molecule is CC(C)(C)C(CCN)CCC(=O)c1sccc1Br. The Balaban J connectivity index is 2.58. The third-order valence-corrected chi connectivity index (χ3v) is 5.21. The van der Waals surface area contributed by atoms with Gasteiger partial charge < -0.3 is 5.73 Å². The summed E-state index contributed by atoms with van der Waals surface area (Å²) < 4.78 is 0.920. The van der Waals surface area contributed by atoms with Crippen molar-refractivity contribution in [1.29, 1.82) is 0 Å². The van der Waals surface area contributed by atoms with Crippen LogP contribution in [0.2, 0.25) is 0 Å². The van der Waals surface area contributed by atoms with E-state index in [0.29, 0.717) is 18.9 Å². The van der Waals surface area contributed by atoms with Crippen LogP contribution in [0, 0.1) is 11.3 Å². The minimum atomic E-state index is 0.215. The molecule has 0 amide bonds. The van der Waals surface area contributed by atoms with Gasteiger partial charge in [0.15, 0.2) is 5.78 Å². The van der Waals surface area contributed by atoms with Gasteiger partial charge in [0.1, 0.15) is 0 Å². The molecule has 0 aliphatic carbocycles. The van der Waals surface area contributed by atoms with E-state index in [1.807, 2.05) is 11.4 Å². The van der Waals surface area contributed by atoms with E-state index < -0.39 is 0 Å². The van der Waals surface area contributed by atoms with Crippen molar-refractivity contribution in [2.45, 2.75) is 40.0 Å². The van der Waals surface area contributed by atoms with Gasteiger partial charge in [0.2, 0.25) is 0 Å². The first-order valence-electron chi connectivity index (χ1n) is 6.32. The Hall–Kier alpha value is -0.190. The molecule has 18 heavy (non-hydrogen) atoms. The predicted octanol–water partition coefficient (Wildman–Crippen LogP) is 4.48. The largest absolute Gasteiger partial charge is 0.330 e. The first-order chi connectivity index (χ1) is 8.36. The van der Waals surface area contributed by atoms with Crippen molar-refractivity contribution < 1.29 is 4.79 Å². The standard InChI is InChI=1S/C14H22BrNOS/c1-14(2,3)10(6-8-16)4-5-12(17)13-11(15)7-9-18-13/h7,9-10H,4-6,8,16H2,1-3H3. The van der Waals surface area contributed by atoms with Gasteiger partial charge in [-0.2, -0.15) is 0 Å². The summed E-state index contributed by atoms with van der Waals surface area (Å²) in [4.78, 5) is 13.0. The van der Waals surface area contributed by atoms with E-state index in [0.717, 1.165) is 22.2 Å². The maximum Gasteiger partial charge on any atom is 0.173 e. The molecule has 1 heterocycles. The molecule has 2 nitrogen and oxygen atoms in total. The predicted molar refractivity (Wildman–Crippen MR) is 82.2 cm³/mol. The molecule has 1 aromatic heterocycles. The molecule has 0 spiro atoms. The van der Waals surface area contributed by atoms with Crippen LogP contribution in [0.25, 0.3) is 0 Å². The Bertz CT molecular complexity index is 395. The molecule has 0 aromatic carbocycles. The Morgan fingerprint density at radius 3 is 2.56 bits per heavy atom. The number of hydrogen-bond acceptors (Lipinski definition) is 3. The number of carbonyl (C=O) groups excluding carboxylic acids is 1. The monoisotopic (exact) mass is 331 g/mol. The molecule has 0 radical (unpaired) electrons. The van der Waals surface area contributed by atoms with E-state index in [-0.39, 0.29) is 11.2 Å². The van der Waals surface area contributed by atoms with Crippen LogP contribution < -0.4 is 5.73 Å². The van der Waals surface area contributed by atoms with E-state index in [9.17, 15) is 4.79 Å². The Kier molecular flexibility index (Phi) is 6.02. The number of rotatable bonds is 6. The highest BCUT2D eigenvalue weighted by Gasteiger charge is 2.25. The molecule has 0 saturated heterocycles. The van der Waals surface area contributed by atoms with Gasteiger partial charge in [-0.25, -0.2) is 0 Å². The molecule has 1 aromatic rings. The van der Waals surface area contributed by atoms with Crippen molar-refractivity contribution in [3.63, 3.8) is 0 Å². The summed E-state index contributed by atoms with van der Waals surface area (Å²) in [6.45, 7) is 7.36. The molecule has 1 unspecified atom stereocenters. The fraction of sp³-hybridized carbons (Fsp3) is 0.643. The molecule has 1 rings (SSSR count). The average Bonchev–Trinajstić information content (AvgIpc) is 2.68. The van der Waals surface area contributed by atoms with Gasteiger partial charge in [0, 0.05) is 10.9 Å². The fourth-order valence-electron chi connectivity index (χ4n) is 2.12. The highest BCUT2D eigenvalue weighted by molar-refractivity contribution is 9.10. The molecule has 0 bridgehead atoms. The number of carbonyl (C=O) groups is 1. The lowest BCUT2D eigenvalue weighted by Crippen LogP contribution is -2.24. The van der Waals surface area contributed by atoms with Crippen LogP contribution in [-0.4, -0.2) is 12.3 Å². The van der Waals surface area contributed by atoms with E-state index in [2.05, 4.69) is 36.7 Å². The highest BCUT2D eigenvalue weighted by atomic mass is 79.9.